The van der Waals surface area contributed by atoms with Crippen molar-refractivity contribution in [3.8, 4) is 5.75 Å². The maximum atomic E-state index is 12.1. The molecule has 1 aromatic heterocycles. The summed E-state index contributed by atoms with van der Waals surface area (Å²) >= 11 is 0. The Hall–Kier alpha value is -3.60. The predicted octanol–water partition coefficient (Wildman–Crippen LogP) is 4.24. The highest BCUT2D eigenvalue weighted by molar-refractivity contribution is 5.72. The lowest BCUT2D eigenvalue weighted by Gasteiger charge is -2.10. The molecule has 1 atom stereocenters. The van der Waals surface area contributed by atoms with Crippen LogP contribution in [0.2, 0.25) is 0 Å². The zero-order chi connectivity index (χ0) is 19.9. The maximum absolute atomic E-state index is 12.1. The lowest BCUT2D eigenvalue weighted by molar-refractivity contribution is -0.140. The summed E-state index contributed by atoms with van der Waals surface area (Å²) in [5, 5.41) is 9.02. The molecule has 5 heteroatoms. The number of carbonyl (C=O) groups is 1. The summed E-state index contributed by atoms with van der Waals surface area (Å²) in [4.78, 5) is 23.1. The average molecular weight is 375 g/mol. The number of carboxylic acids is 1. The summed E-state index contributed by atoms with van der Waals surface area (Å²) in [6.07, 6.45) is 5.21. The first kappa shape index (κ1) is 19.2. The maximum Gasteiger partial charge on any atom is 0.326 e. The molecule has 142 valence electrons. The zero-order valence-electron chi connectivity index (χ0n) is 15.5. The molecule has 1 unspecified atom stereocenters. The third kappa shape index (κ3) is 4.98. The van der Waals surface area contributed by atoms with Crippen LogP contribution >= 0.6 is 0 Å². The molecule has 0 radical (unpaired) electrons. The van der Waals surface area contributed by atoms with Crippen molar-refractivity contribution in [3.05, 3.63) is 100.0 Å². The van der Waals surface area contributed by atoms with Crippen molar-refractivity contribution in [1.29, 1.82) is 0 Å². The standard InChI is InChI=1S/C23H21NO4/c1-17(23(26)27)24-14-13-19(15-22(24)25)8-7-18-9-11-21(12-10-18)28-16-20-5-3-2-4-6-20/h2-15,17H,16H2,1H3,(H,26,27)/b8-7+. The highest BCUT2D eigenvalue weighted by Crippen LogP contribution is 2.16. The van der Waals surface area contributed by atoms with Gasteiger partial charge < -0.3 is 14.4 Å². The fourth-order valence-electron chi connectivity index (χ4n) is 2.66. The van der Waals surface area contributed by atoms with Gasteiger partial charge in [-0.3, -0.25) is 4.79 Å². The number of benzene rings is 2. The third-order valence-electron chi connectivity index (χ3n) is 4.34. The molecule has 0 saturated heterocycles. The molecule has 28 heavy (non-hydrogen) atoms. The van der Waals surface area contributed by atoms with Crippen LogP contribution in [0.4, 0.5) is 0 Å². The van der Waals surface area contributed by atoms with E-state index in [1.54, 1.807) is 6.07 Å². The van der Waals surface area contributed by atoms with E-state index in [4.69, 9.17) is 9.84 Å². The van der Waals surface area contributed by atoms with E-state index in [-0.39, 0.29) is 5.56 Å². The van der Waals surface area contributed by atoms with Crippen LogP contribution in [0.25, 0.3) is 12.2 Å². The average Bonchev–Trinajstić information content (AvgIpc) is 2.72. The van der Waals surface area contributed by atoms with Crippen molar-refractivity contribution in [2.75, 3.05) is 0 Å². The highest BCUT2D eigenvalue weighted by Gasteiger charge is 2.13. The van der Waals surface area contributed by atoms with Crippen LogP contribution in [0.15, 0.2) is 77.7 Å². The van der Waals surface area contributed by atoms with Crippen molar-refractivity contribution in [1.82, 2.24) is 4.57 Å². The summed E-state index contributed by atoms with van der Waals surface area (Å²) in [6, 6.07) is 19.9. The number of aromatic nitrogens is 1. The molecular weight excluding hydrogens is 354 g/mol. The molecule has 0 amide bonds. The number of carboxylic acid groups (broad SMARTS) is 1. The smallest absolute Gasteiger partial charge is 0.326 e. The van der Waals surface area contributed by atoms with Gasteiger partial charge in [-0.2, -0.15) is 0 Å². The highest BCUT2D eigenvalue weighted by atomic mass is 16.5. The van der Waals surface area contributed by atoms with Crippen molar-refractivity contribution >= 4 is 18.1 Å². The van der Waals surface area contributed by atoms with Gasteiger partial charge in [-0.1, -0.05) is 54.6 Å². The van der Waals surface area contributed by atoms with E-state index < -0.39 is 12.0 Å². The van der Waals surface area contributed by atoms with E-state index in [0.29, 0.717) is 12.2 Å². The first-order valence-corrected chi connectivity index (χ1v) is 8.93. The van der Waals surface area contributed by atoms with Crippen LogP contribution in [0.5, 0.6) is 5.75 Å². The van der Waals surface area contributed by atoms with E-state index in [9.17, 15) is 9.59 Å². The van der Waals surface area contributed by atoms with Gasteiger partial charge in [-0.05, 0) is 41.8 Å². The van der Waals surface area contributed by atoms with Gasteiger partial charge in [-0.25, -0.2) is 4.79 Å². The minimum atomic E-state index is -1.04. The number of nitrogens with zero attached hydrogens (tertiary/aromatic N) is 1. The molecule has 0 aliphatic rings. The van der Waals surface area contributed by atoms with Gasteiger partial charge in [0.2, 0.25) is 0 Å². The fraction of sp³-hybridized carbons (Fsp3) is 0.130. The van der Waals surface area contributed by atoms with Gasteiger partial charge >= 0.3 is 5.97 Å². The zero-order valence-corrected chi connectivity index (χ0v) is 15.5. The molecule has 0 aliphatic carbocycles. The lowest BCUT2D eigenvalue weighted by atomic mass is 10.1. The number of rotatable bonds is 7. The number of hydrogen-bond acceptors (Lipinski definition) is 3. The minimum absolute atomic E-state index is 0.346. The number of hydrogen-bond donors (Lipinski definition) is 1. The van der Waals surface area contributed by atoms with Crippen molar-refractivity contribution in [2.45, 2.75) is 19.6 Å². The second-order valence-electron chi connectivity index (χ2n) is 6.40. The SMILES string of the molecule is CC(C(=O)O)n1ccc(/C=C/c2ccc(OCc3ccccc3)cc2)cc1=O. The van der Waals surface area contributed by atoms with Crippen LogP contribution in [-0.2, 0) is 11.4 Å². The van der Waals surface area contributed by atoms with Crippen LogP contribution in [0, 0.1) is 0 Å². The normalized spacial score (nSPS) is 12.0. The van der Waals surface area contributed by atoms with Gasteiger partial charge in [0.25, 0.3) is 5.56 Å². The predicted molar refractivity (Wildman–Crippen MR) is 109 cm³/mol. The van der Waals surface area contributed by atoms with Gasteiger partial charge in [0.15, 0.2) is 0 Å². The van der Waals surface area contributed by atoms with E-state index in [2.05, 4.69) is 0 Å². The molecule has 0 spiro atoms. The van der Waals surface area contributed by atoms with Crippen molar-refractivity contribution in [2.24, 2.45) is 0 Å². The van der Waals surface area contributed by atoms with Crippen LogP contribution in [-0.4, -0.2) is 15.6 Å². The summed E-state index contributed by atoms with van der Waals surface area (Å²) in [6.45, 7) is 1.99. The molecule has 0 aliphatic heterocycles. The molecule has 1 heterocycles. The van der Waals surface area contributed by atoms with Crippen LogP contribution < -0.4 is 10.3 Å². The first-order valence-electron chi connectivity index (χ1n) is 8.93. The Morgan fingerprint density at radius 1 is 1.04 bits per heavy atom. The Labute approximate surface area is 163 Å². The summed E-state index contributed by atoms with van der Waals surface area (Å²) < 4.78 is 6.96. The number of pyridine rings is 1. The second kappa shape index (κ2) is 8.86. The van der Waals surface area contributed by atoms with E-state index >= 15 is 0 Å². The number of ether oxygens (including phenoxy) is 1. The molecule has 0 fully saturated rings. The molecule has 1 N–H and O–H groups in total. The molecule has 5 nitrogen and oxygen atoms in total. The number of aliphatic carboxylic acids is 1. The quantitative estimate of drug-likeness (QED) is 0.670. The van der Waals surface area contributed by atoms with Gasteiger partial charge in [0, 0.05) is 12.3 Å². The Kier molecular flexibility index (Phi) is 6.07. The Morgan fingerprint density at radius 3 is 2.36 bits per heavy atom. The van der Waals surface area contributed by atoms with Crippen molar-refractivity contribution in [3.63, 3.8) is 0 Å². The van der Waals surface area contributed by atoms with E-state index in [1.165, 1.54) is 23.8 Å². The fourth-order valence-corrected chi connectivity index (χ4v) is 2.66. The topological polar surface area (TPSA) is 68.5 Å². The molecule has 2 aromatic carbocycles. The van der Waals surface area contributed by atoms with Crippen LogP contribution in [0.3, 0.4) is 0 Å². The van der Waals surface area contributed by atoms with Crippen molar-refractivity contribution < 1.29 is 14.6 Å². The molecule has 0 saturated carbocycles. The minimum Gasteiger partial charge on any atom is -0.489 e. The van der Waals surface area contributed by atoms with Crippen LogP contribution in [0.1, 0.15) is 29.7 Å². The monoisotopic (exact) mass is 375 g/mol. The van der Waals surface area contributed by atoms with E-state index in [1.807, 2.05) is 66.7 Å². The summed E-state index contributed by atoms with van der Waals surface area (Å²) in [5.74, 6) is -0.258. The third-order valence-corrected chi connectivity index (χ3v) is 4.34. The largest absolute Gasteiger partial charge is 0.489 e. The summed E-state index contributed by atoms with van der Waals surface area (Å²) in [7, 11) is 0. The molecular formula is C23H21NO4. The Balaban J connectivity index is 1.63. The Bertz CT molecular complexity index is 1020. The molecule has 0 bridgehead atoms. The van der Waals surface area contributed by atoms with Gasteiger partial charge in [0.05, 0.1) is 0 Å². The van der Waals surface area contributed by atoms with Gasteiger partial charge in [0.1, 0.15) is 18.4 Å². The lowest BCUT2D eigenvalue weighted by Crippen LogP contribution is -2.26. The van der Waals surface area contributed by atoms with Gasteiger partial charge in [-0.15, -0.1) is 0 Å². The first-order chi connectivity index (χ1) is 13.5. The summed E-state index contributed by atoms with van der Waals surface area (Å²) in [5.41, 5.74) is 2.44. The Morgan fingerprint density at radius 2 is 1.71 bits per heavy atom. The van der Waals surface area contributed by atoms with E-state index in [0.717, 1.165) is 16.9 Å². The molecule has 3 rings (SSSR count). The molecule has 3 aromatic rings. The second-order valence-corrected chi connectivity index (χ2v) is 6.40.